The Morgan fingerprint density at radius 2 is 1.67 bits per heavy atom. The largest absolute Gasteiger partial charge is 0.335 e. The van der Waals surface area contributed by atoms with E-state index in [1.54, 1.807) is 29.6 Å². The second-order valence-electron chi connectivity index (χ2n) is 5.83. The standard InChI is InChI=1S/C18H15N3O5S/c1-11(22)12-4-6-13(7-5-12)19-15(23)10-21-17(25)16(24)20(18(21)26)9-14-3-2-8-27-14/h2-8H,9-10H2,1H3,(H,19,23). The van der Waals surface area contributed by atoms with Gasteiger partial charge in [0.1, 0.15) is 6.54 Å². The van der Waals surface area contributed by atoms with Gasteiger partial charge in [-0.1, -0.05) is 6.07 Å². The van der Waals surface area contributed by atoms with Gasteiger partial charge in [0, 0.05) is 16.1 Å². The van der Waals surface area contributed by atoms with Crippen molar-refractivity contribution in [1.82, 2.24) is 9.80 Å². The zero-order chi connectivity index (χ0) is 19.6. The highest BCUT2D eigenvalue weighted by Crippen LogP contribution is 2.19. The molecule has 138 valence electrons. The maximum Gasteiger partial charge on any atom is 0.335 e. The van der Waals surface area contributed by atoms with Crippen LogP contribution in [0.2, 0.25) is 0 Å². The molecular formula is C18H15N3O5S. The lowest BCUT2D eigenvalue weighted by atomic mass is 10.1. The smallest absolute Gasteiger partial charge is 0.325 e. The number of hydrogen-bond donors (Lipinski definition) is 1. The minimum Gasteiger partial charge on any atom is -0.325 e. The molecule has 1 saturated heterocycles. The molecule has 2 heterocycles. The third-order valence-electron chi connectivity index (χ3n) is 3.91. The maximum atomic E-state index is 12.4. The summed E-state index contributed by atoms with van der Waals surface area (Å²) >= 11 is 1.36. The van der Waals surface area contributed by atoms with Gasteiger partial charge in [0.2, 0.25) is 5.91 Å². The molecule has 0 bridgehead atoms. The van der Waals surface area contributed by atoms with Crippen LogP contribution in [0.1, 0.15) is 22.2 Å². The number of carbonyl (C=O) groups is 5. The normalized spacial score (nSPS) is 14.0. The molecule has 8 nitrogen and oxygen atoms in total. The zero-order valence-electron chi connectivity index (χ0n) is 14.3. The molecule has 2 aromatic rings. The zero-order valence-corrected chi connectivity index (χ0v) is 15.1. The van der Waals surface area contributed by atoms with Gasteiger partial charge in [-0.15, -0.1) is 11.3 Å². The first kappa shape index (κ1) is 18.5. The molecule has 5 amide bonds. The van der Waals surface area contributed by atoms with Gasteiger partial charge >= 0.3 is 17.8 Å². The number of nitrogens with one attached hydrogen (secondary N) is 1. The lowest BCUT2D eigenvalue weighted by Gasteiger charge is -2.14. The summed E-state index contributed by atoms with van der Waals surface area (Å²) in [7, 11) is 0. The van der Waals surface area contributed by atoms with E-state index in [0.29, 0.717) is 16.2 Å². The van der Waals surface area contributed by atoms with E-state index in [2.05, 4.69) is 5.32 Å². The summed E-state index contributed by atoms with van der Waals surface area (Å²) in [5.41, 5.74) is 0.901. The van der Waals surface area contributed by atoms with Gasteiger partial charge in [0.05, 0.1) is 6.54 Å². The summed E-state index contributed by atoms with van der Waals surface area (Å²) < 4.78 is 0. The highest BCUT2D eigenvalue weighted by Gasteiger charge is 2.45. The van der Waals surface area contributed by atoms with Crippen LogP contribution in [-0.2, 0) is 20.9 Å². The van der Waals surface area contributed by atoms with Gasteiger partial charge in [-0.25, -0.2) is 9.69 Å². The molecule has 27 heavy (non-hydrogen) atoms. The minimum atomic E-state index is -1.03. The van der Waals surface area contributed by atoms with Gasteiger partial charge in [0.25, 0.3) is 0 Å². The summed E-state index contributed by atoms with van der Waals surface area (Å²) in [6, 6.07) is 8.88. The van der Waals surface area contributed by atoms with Crippen LogP contribution in [0, 0.1) is 0 Å². The summed E-state index contributed by atoms with van der Waals surface area (Å²) in [6.45, 7) is 0.849. The Kier molecular flexibility index (Phi) is 5.13. The predicted octanol–water partition coefficient (Wildman–Crippen LogP) is 1.88. The fourth-order valence-electron chi connectivity index (χ4n) is 2.52. The molecule has 0 atom stereocenters. The Bertz CT molecular complexity index is 921. The quantitative estimate of drug-likeness (QED) is 0.464. The highest BCUT2D eigenvalue weighted by molar-refractivity contribution is 7.09. The molecule has 1 aliphatic rings. The number of anilines is 1. The maximum absolute atomic E-state index is 12.4. The second-order valence-corrected chi connectivity index (χ2v) is 6.86. The van der Waals surface area contributed by atoms with Crippen molar-refractivity contribution in [2.75, 3.05) is 11.9 Å². The van der Waals surface area contributed by atoms with Gasteiger partial charge in [-0.2, -0.15) is 0 Å². The van der Waals surface area contributed by atoms with E-state index >= 15 is 0 Å². The van der Waals surface area contributed by atoms with Crippen LogP contribution in [0.3, 0.4) is 0 Å². The molecule has 1 aromatic carbocycles. The number of hydrogen-bond acceptors (Lipinski definition) is 6. The summed E-state index contributed by atoms with van der Waals surface area (Å²) in [5, 5.41) is 4.32. The Balaban J connectivity index is 1.64. The third kappa shape index (κ3) is 3.93. The number of ketones is 1. The highest BCUT2D eigenvalue weighted by atomic mass is 32.1. The Morgan fingerprint density at radius 3 is 2.26 bits per heavy atom. The molecule has 9 heteroatoms. The Hall–Kier alpha value is -3.33. The number of thiophene rings is 1. The van der Waals surface area contributed by atoms with E-state index in [1.807, 2.05) is 0 Å². The molecule has 1 aliphatic heterocycles. The number of carbonyl (C=O) groups excluding carboxylic acids is 5. The van der Waals surface area contributed by atoms with Crippen LogP contribution in [0.5, 0.6) is 0 Å². The molecule has 1 aromatic heterocycles. The Morgan fingerprint density at radius 1 is 1.00 bits per heavy atom. The summed E-state index contributed by atoms with van der Waals surface area (Å²) in [4.78, 5) is 62.1. The van der Waals surface area contributed by atoms with Crippen molar-refractivity contribution in [1.29, 1.82) is 0 Å². The van der Waals surface area contributed by atoms with Crippen LogP contribution >= 0.6 is 11.3 Å². The van der Waals surface area contributed by atoms with Crippen molar-refractivity contribution in [3.05, 3.63) is 52.2 Å². The van der Waals surface area contributed by atoms with Crippen molar-refractivity contribution in [2.45, 2.75) is 13.5 Å². The molecule has 1 fully saturated rings. The van der Waals surface area contributed by atoms with Gasteiger partial charge in [-0.05, 0) is 42.6 Å². The van der Waals surface area contributed by atoms with Gasteiger partial charge in [-0.3, -0.25) is 24.1 Å². The fourth-order valence-corrected chi connectivity index (χ4v) is 3.21. The molecule has 0 radical (unpaired) electrons. The van der Waals surface area contributed by atoms with E-state index in [9.17, 15) is 24.0 Å². The van der Waals surface area contributed by atoms with E-state index < -0.39 is 30.3 Å². The summed E-state index contributed by atoms with van der Waals surface area (Å²) in [5.74, 6) is -2.71. The van der Waals surface area contributed by atoms with Crippen LogP contribution in [0.15, 0.2) is 41.8 Å². The first-order chi connectivity index (χ1) is 12.9. The van der Waals surface area contributed by atoms with Crippen molar-refractivity contribution in [2.24, 2.45) is 0 Å². The van der Waals surface area contributed by atoms with E-state index in [0.717, 1.165) is 9.78 Å². The minimum absolute atomic E-state index is 0.00823. The van der Waals surface area contributed by atoms with Gasteiger partial charge < -0.3 is 5.32 Å². The van der Waals surface area contributed by atoms with Crippen LogP contribution in [0.4, 0.5) is 10.5 Å². The van der Waals surface area contributed by atoms with Crippen molar-refractivity contribution in [3.63, 3.8) is 0 Å². The molecular weight excluding hydrogens is 370 g/mol. The molecule has 0 aliphatic carbocycles. The number of Topliss-reactive ketones (excluding diaryl/α,β-unsaturated/α-hetero) is 1. The SMILES string of the molecule is CC(=O)c1ccc(NC(=O)CN2C(=O)C(=O)N(Cc3cccs3)C2=O)cc1. The molecule has 0 saturated carbocycles. The van der Waals surface area contributed by atoms with Crippen LogP contribution in [0.25, 0.3) is 0 Å². The summed E-state index contributed by atoms with van der Waals surface area (Å²) in [6.07, 6.45) is 0. The van der Waals surface area contributed by atoms with Crippen LogP contribution in [-0.4, -0.2) is 45.9 Å². The van der Waals surface area contributed by atoms with Gasteiger partial charge in [0.15, 0.2) is 5.78 Å². The lowest BCUT2D eigenvalue weighted by molar-refractivity contribution is -0.143. The number of nitrogens with zero attached hydrogens (tertiary/aromatic N) is 2. The number of imide groups is 2. The first-order valence-electron chi connectivity index (χ1n) is 7.97. The van der Waals surface area contributed by atoms with E-state index in [1.165, 1.54) is 30.4 Å². The third-order valence-corrected chi connectivity index (χ3v) is 4.77. The lowest BCUT2D eigenvalue weighted by Crippen LogP contribution is -2.38. The number of benzene rings is 1. The monoisotopic (exact) mass is 385 g/mol. The number of amides is 5. The number of urea groups is 1. The molecule has 1 N–H and O–H groups in total. The molecule has 0 spiro atoms. The molecule has 0 unspecified atom stereocenters. The second kappa shape index (κ2) is 7.50. The van der Waals surface area contributed by atoms with Crippen molar-refractivity contribution < 1.29 is 24.0 Å². The van der Waals surface area contributed by atoms with Crippen molar-refractivity contribution >= 4 is 46.6 Å². The fraction of sp³-hybridized carbons (Fsp3) is 0.167. The van der Waals surface area contributed by atoms with Crippen LogP contribution < -0.4 is 5.32 Å². The number of rotatable bonds is 6. The van der Waals surface area contributed by atoms with E-state index in [4.69, 9.17) is 0 Å². The molecule has 3 rings (SSSR count). The topological polar surface area (TPSA) is 104 Å². The first-order valence-corrected chi connectivity index (χ1v) is 8.85. The predicted molar refractivity (Wildman–Crippen MR) is 97.1 cm³/mol. The Labute approximate surface area is 158 Å². The average molecular weight is 385 g/mol. The van der Waals surface area contributed by atoms with Crippen molar-refractivity contribution in [3.8, 4) is 0 Å². The van der Waals surface area contributed by atoms with E-state index in [-0.39, 0.29) is 12.3 Å². The average Bonchev–Trinajstić information content (AvgIpc) is 3.21.